The van der Waals surface area contributed by atoms with Crippen LogP contribution < -0.4 is 0 Å². The van der Waals surface area contributed by atoms with Crippen molar-refractivity contribution in [1.82, 2.24) is 14.1 Å². The molecule has 0 radical (unpaired) electrons. The maximum Gasteiger partial charge on any atom is 0.253 e. The molecular weight excluding hydrogens is 410 g/mol. The fourth-order valence-corrected chi connectivity index (χ4v) is 4.84. The van der Waals surface area contributed by atoms with Crippen molar-refractivity contribution >= 4 is 26.7 Å². The number of carbonyl (C=O) groups excluding carboxylic acids is 1. The summed E-state index contributed by atoms with van der Waals surface area (Å²) in [6, 6.07) is 21.0. The molecule has 1 heterocycles. The predicted molar refractivity (Wildman–Crippen MR) is 122 cm³/mol. The molecule has 31 heavy (non-hydrogen) atoms. The van der Waals surface area contributed by atoms with Crippen molar-refractivity contribution in [2.75, 3.05) is 40.3 Å². The zero-order valence-corrected chi connectivity index (χ0v) is 18.7. The quantitative estimate of drug-likeness (QED) is 0.616. The molecule has 6 nitrogen and oxygen atoms in total. The highest BCUT2D eigenvalue weighted by Crippen LogP contribution is 2.21. The molecule has 0 aromatic heterocycles. The molecule has 7 heteroatoms. The Morgan fingerprint density at radius 3 is 2.19 bits per heavy atom. The zero-order valence-electron chi connectivity index (χ0n) is 17.9. The molecule has 0 bridgehead atoms. The molecule has 0 N–H and O–H groups in total. The first-order valence-electron chi connectivity index (χ1n) is 10.4. The Kier molecular flexibility index (Phi) is 6.09. The van der Waals surface area contributed by atoms with E-state index in [2.05, 4.69) is 47.4 Å². The van der Waals surface area contributed by atoms with E-state index in [9.17, 15) is 13.2 Å². The summed E-state index contributed by atoms with van der Waals surface area (Å²) >= 11 is 0. The molecular formula is C24H27N3O3S. The molecule has 3 aromatic rings. The first-order valence-corrected chi connectivity index (χ1v) is 11.8. The first kappa shape index (κ1) is 21.5. The van der Waals surface area contributed by atoms with Gasteiger partial charge < -0.3 is 4.90 Å². The van der Waals surface area contributed by atoms with Gasteiger partial charge in [-0.05, 0) is 40.6 Å². The molecule has 1 aliphatic rings. The zero-order chi connectivity index (χ0) is 22.0. The molecule has 3 aromatic carbocycles. The van der Waals surface area contributed by atoms with Crippen molar-refractivity contribution in [3.63, 3.8) is 0 Å². The fraction of sp³-hybridized carbons (Fsp3) is 0.292. The Labute approximate surface area is 183 Å². The number of fused-ring (bicyclic) bond motifs is 1. The molecule has 162 valence electrons. The monoisotopic (exact) mass is 437 g/mol. The lowest BCUT2D eigenvalue weighted by Crippen LogP contribution is -2.48. The van der Waals surface area contributed by atoms with Gasteiger partial charge in [0.25, 0.3) is 5.91 Å². The van der Waals surface area contributed by atoms with Crippen LogP contribution in [0.2, 0.25) is 0 Å². The number of benzene rings is 3. The van der Waals surface area contributed by atoms with Gasteiger partial charge in [-0.2, -0.15) is 0 Å². The van der Waals surface area contributed by atoms with Crippen LogP contribution >= 0.6 is 0 Å². The van der Waals surface area contributed by atoms with Crippen LogP contribution in [-0.4, -0.2) is 68.7 Å². The molecule has 0 atom stereocenters. The van der Waals surface area contributed by atoms with Crippen LogP contribution in [0.15, 0.2) is 71.6 Å². The summed E-state index contributed by atoms with van der Waals surface area (Å²) in [7, 11) is -0.511. The Bertz CT molecular complexity index is 1180. The smallest absolute Gasteiger partial charge is 0.253 e. The van der Waals surface area contributed by atoms with Crippen LogP contribution in [0.25, 0.3) is 10.8 Å². The SMILES string of the molecule is CN(C)S(=O)(=O)c1ccc(C(=O)N2CCN(Cc3cccc4ccccc34)CC2)cc1. The van der Waals surface area contributed by atoms with Gasteiger partial charge >= 0.3 is 0 Å². The Morgan fingerprint density at radius 1 is 0.871 bits per heavy atom. The van der Waals surface area contributed by atoms with Gasteiger partial charge in [0.1, 0.15) is 0 Å². The minimum Gasteiger partial charge on any atom is -0.336 e. The minimum atomic E-state index is -3.50. The van der Waals surface area contributed by atoms with Gasteiger partial charge in [-0.25, -0.2) is 12.7 Å². The van der Waals surface area contributed by atoms with Crippen molar-refractivity contribution in [3.8, 4) is 0 Å². The topological polar surface area (TPSA) is 60.9 Å². The van der Waals surface area contributed by atoms with Crippen LogP contribution in [-0.2, 0) is 16.6 Å². The van der Waals surface area contributed by atoms with E-state index in [-0.39, 0.29) is 10.8 Å². The third-order valence-electron chi connectivity index (χ3n) is 5.81. The average molecular weight is 438 g/mol. The number of piperazine rings is 1. The molecule has 0 spiro atoms. The summed E-state index contributed by atoms with van der Waals surface area (Å²) in [6.45, 7) is 3.78. The number of sulfonamides is 1. The van der Waals surface area contributed by atoms with E-state index in [0.29, 0.717) is 18.7 Å². The van der Waals surface area contributed by atoms with E-state index < -0.39 is 10.0 Å². The summed E-state index contributed by atoms with van der Waals surface area (Å²) in [5, 5.41) is 2.52. The van der Waals surface area contributed by atoms with Crippen molar-refractivity contribution in [1.29, 1.82) is 0 Å². The summed E-state index contributed by atoms with van der Waals surface area (Å²) in [6.07, 6.45) is 0. The van der Waals surface area contributed by atoms with Gasteiger partial charge in [-0.1, -0.05) is 42.5 Å². The van der Waals surface area contributed by atoms with Crippen molar-refractivity contribution < 1.29 is 13.2 Å². The highest BCUT2D eigenvalue weighted by molar-refractivity contribution is 7.89. The third kappa shape index (κ3) is 4.49. The van der Waals surface area contributed by atoms with E-state index in [1.807, 2.05) is 4.90 Å². The molecule has 1 amide bonds. The second-order valence-corrected chi connectivity index (χ2v) is 10.2. The number of hydrogen-bond acceptors (Lipinski definition) is 4. The Balaban J connectivity index is 1.39. The normalized spacial score (nSPS) is 15.5. The van der Waals surface area contributed by atoms with E-state index in [4.69, 9.17) is 0 Å². The largest absolute Gasteiger partial charge is 0.336 e. The average Bonchev–Trinajstić information content (AvgIpc) is 2.79. The molecule has 1 saturated heterocycles. The second-order valence-electron chi connectivity index (χ2n) is 8.02. The predicted octanol–water partition coefficient (Wildman–Crippen LogP) is 3.05. The highest BCUT2D eigenvalue weighted by atomic mass is 32.2. The lowest BCUT2D eigenvalue weighted by molar-refractivity contribution is 0.0629. The summed E-state index contributed by atoms with van der Waals surface area (Å²) < 4.78 is 25.6. The van der Waals surface area contributed by atoms with E-state index in [0.717, 1.165) is 19.6 Å². The maximum atomic E-state index is 12.9. The highest BCUT2D eigenvalue weighted by Gasteiger charge is 2.23. The van der Waals surface area contributed by atoms with Crippen LogP contribution in [0, 0.1) is 0 Å². The minimum absolute atomic E-state index is 0.0568. The number of hydrogen-bond donors (Lipinski definition) is 0. The molecule has 0 unspecified atom stereocenters. The molecule has 0 saturated carbocycles. The van der Waals surface area contributed by atoms with Gasteiger partial charge in [0.2, 0.25) is 10.0 Å². The number of amides is 1. The fourth-order valence-electron chi connectivity index (χ4n) is 3.94. The van der Waals surface area contributed by atoms with Gasteiger partial charge in [-0.15, -0.1) is 0 Å². The maximum absolute atomic E-state index is 12.9. The molecule has 1 aliphatic heterocycles. The van der Waals surface area contributed by atoms with Gasteiger partial charge in [0.15, 0.2) is 0 Å². The summed E-state index contributed by atoms with van der Waals surface area (Å²) in [4.78, 5) is 17.3. The van der Waals surface area contributed by atoms with E-state index in [1.165, 1.54) is 46.9 Å². The lowest BCUT2D eigenvalue weighted by atomic mass is 10.0. The molecule has 1 fully saturated rings. The van der Waals surface area contributed by atoms with Crippen molar-refractivity contribution in [2.24, 2.45) is 0 Å². The van der Waals surface area contributed by atoms with E-state index >= 15 is 0 Å². The molecule has 0 aliphatic carbocycles. The lowest BCUT2D eigenvalue weighted by Gasteiger charge is -2.35. The number of carbonyl (C=O) groups is 1. The first-order chi connectivity index (χ1) is 14.9. The summed E-state index contributed by atoms with van der Waals surface area (Å²) in [5.41, 5.74) is 1.82. The van der Waals surface area contributed by atoms with Crippen LogP contribution in [0.1, 0.15) is 15.9 Å². The van der Waals surface area contributed by atoms with Crippen LogP contribution in [0.3, 0.4) is 0 Å². The number of nitrogens with zero attached hydrogens (tertiary/aromatic N) is 3. The second kappa shape index (κ2) is 8.78. The van der Waals surface area contributed by atoms with E-state index in [1.54, 1.807) is 12.1 Å². The third-order valence-corrected chi connectivity index (χ3v) is 7.64. The van der Waals surface area contributed by atoms with Crippen LogP contribution in [0.4, 0.5) is 0 Å². The molecule has 4 rings (SSSR count). The van der Waals surface area contributed by atoms with Gasteiger partial charge in [-0.3, -0.25) is 9.69 Å². The van der Waals surface area contributed by atoms with Crippen LogP contribution in [0.5, 0.6) is 0 Å². The summed E-state index contributed by atoms with van der Waals surface area (Å²) in [5.74, 6) is -0.0568. The standard InChI is InChI=1S/C24H27N3O3S/c1-25(2)31(29,30)22-12-10-20(11-13-22)24(28)27-16-14-26(15-17-27)18-21-8-5-7-19-6-3-4-9-23(19)21/h3-13H,14-18H2,1-2H3. The van der Waals surface area contributed by atoms with Crippen molar-refractivity contribution in [3.05, 3.63) is 77.9 Å². The number of rotatable bonds is 5. The Morgan fingerprint density at radius 2 is 1.52 bits per heavy atom. The Hall–Kier alpha value is -2.74. The van der Waals surface area contributed by atoms with Gasteiger partial charge in [0, 0.05) is 52.4 Å². The van der Waals surface area contributed by atoms with Gasteiger partial charge in [0.05, 0.1) is 4.90 Å². The van der Waals surface area contributed by atoms with Crippen molar-refractivity contribution in [2.45, 2.75) is 11.4 Å².